The van der Waals surface area contributed by atoms with Crippen LogP contribution in [0.4, 0.5) is 5.69 Å². The molecule has 90 valence electrons. The average Bonchev–Trinajstić information content (AvgIpc) is 2.82. The lowest BCUT2D eigenvalue weighted by atomic mass is 10.1. The summed E-state index contributed by atoms with van der Waals surface area (Å²) in [5.41, 5.74) is 1.33. The van der Waals surface area contributed by atoms with Crippen LogP contribution in [0.1, 0.15) is 30.1 Å². The Morgan fingerprint density at radius 2 is 2.24 bits per heavy atom. The van der Waals surface area contributed by atoms with Crippen molar-refractivity contribution in [3.63, 3.8) is 0 Å². The molecule has 0 radical (unpaired) electrons. The summed E-state index contributed by atoms with van der Waals surface area (Å²) in [5, 5.41) is 2.93. The van der Waals surface area contributed by atoms with Gasteiger partial charge < -0.3 is 5.32 Å². The molecule has 17 heavy (non-hydrogen) atoms. The highest BCUT2D eigenvalue weighted by atomic mass is 32.2. The first-order valence-electron chi connectivity index (χ1n) is 5.70. The number of amides is 1. The number of nitrogens with one attached hydrogen (secondary N) is 1. The molecular formula is C13H15NO2S. The SMILES string of the molecule is CC(=O)c1cccc(NC(=O)C2CCCS2)c1. The van der Waals surface area contributed by atoms with Crippen molar-refractivity contribution in [3.05, 3.63) is 29.8 Å². The fourth-order valence-electron chi connectivity index (χ4n) is 1.82. The summed E-state index contributed by atoms with van der Waals surface area (Å²) in [6.45, 7) is 1.52. The van der Waals surface area contributed by atoms with E-state index >= 15 is 0 Å². The van der Waals surface area contributed by atoms with Crippen molar-refractivity contribution in [2.45, 2.75) is 25.0 Å². The molecule has 1 atom stereocenters. The summed E-state index contributed by atoms with van der Waals surface area (Å²) >= 11 is 1.70. The van der Waals surface area contributed by atoms with E-state index in [0.717, 1.165) is 18.6 Å². The van der Waals surface area contributed by atoms with Crippen molar-refractivity contribution >= 4 is 29.1 Å². The predicted molar refractivity (Wildman–Crippen MR) is 70.6 cm³/mol. The highest BCUT2D eigenvalue weighted by Crippen LogP contribution is 2.27. The number of carbonyl (C=O) groups excluding carboxylic acids is 2. The molecular weight excluding hydrogens is 234 g/mol. The first-order valence-corrected chi connectivity index (χ1v) is 6.75. The predicted octanol–water partition coefficient (Wildman–Crippen LogP) is 2.72. The molecule has 1 saturated heterocycles. The fraction of sp³-hybridized carbons (Fsp3) is 0.385. The first-order chi connectivity index (χ1) is 8.16. The molecule has 1 fully saturated rings. The topological polar surface area (TPSA) is 46.2 Å². The Hall–Kier alpha value is -1.29. The van der Waals surface area contributed by atoms with Crippen LogP contribution < -0.4 is 5.32 Å². The summed E-state index contributed by atoms with van der Waals surface area (Å²) < 4.78 is 0. The second-order valence-corrected chi connectivity index (χ2v) is 5.44. The number of hydrogen-bond acceptors (Lipinski definition) is 3. The van der Waals surface area contributed by atoms with Crippen molar-refractivity contribution < 1.29 is 9.59 Å². The molecule has 0 aliphatic carbocycles. The van der Waals surface area contributed by atoms with Gasteiger partial charge in [0.1, 0.15) is 0 Å². The number of carbonyl (C=O) groups is 2. The van der Waals surface area contributed by atoms with Gasteiger partial charge in [-0.05, 0) is 37.7 Å². The highest BCUT2D eigenvalue weighted by molar-refractivity contribution is 8.00. The molecule has 0 bridgehead atoms. The molecule has 1 aromatic carbocycles. The number of thioether (sulfide) groups is 1. The van der Waals surface area contributed by atoms with Crippen LogP contribution in [0.5, 0.6) is 0 Å². The minimum absolute atomic E-state index is 0.0105. The minimum atomic E-state index is 0.0105. The van der Waals surface area contributed by atoms with Crippen LogP contribution in [-0.4, -0.2) is 22.7 Å². The van der Waals surface area contributed by atoms with Gasteiger partial charge in [-0.15, -0.1) is 11.8 Å². The van der Waals surface area contributed by atoms with E-state index < -0.39 is 0 Å². The van der Waals surface area contributed by atoms with Crippen molar-refractivity contribution in [2.24, 2.45) is 0 Å². The first kappa shape index (κ1) is 12.2. The number of anilines is 1. The van der Waals surface area contributed by atoms with Gasteiger partial charge in [0.25, 0.3) is 0 Å². The molecule has 2 rings (SSSR count). The molecule has 0 saturated carbocycles. The average molecular weight is 249 g/mol. The minimum Gasteiger partial charge on any atom is -0.325 e. The zero-order chi connectivity index (χ0) is 12.3. The molecule has 3 nitrogen and oxygen atoms in total. The van der Waals surface area contributed by atoms with E-state index in [1.54, 1.807) is 30.0 Å². The maximum absolute atomic E-state index is 11.9. The van der Waals surface area contributed by atoms with E-state index in [0.29, 0.717) is 11.3 Å². The van der Waals surface area contributed by atoms with Gasteiger partial charge in [0.2, 0.25) is 5.91 Å². The Morgan fingerprint density at radius 3 is 2.88 bits per heavy atom. The smallest absolute Gasteiger partial charge is 0.237 e. The summed E-state index contributed by atoms with van der Waals surface area (Å²) in [6, 6.07) is 7.07. The maximum atomic E-state index is 11.9. The number of ketones is 1. The molecule has 1 heterocycles. The van der Waals surface area contributed by atoms with Gasteiger partial charge in [0.15, 0.2) is 5.78 Å². The van der Waals surface area contributed by atoms with Gasteiger partial charge in [-0.25, -0.2) is 0 Å². The zero-order valence-corrected chi connectivity index (χ0v) is 10.5. The van der Waals surface area contributed by atoms with Crippen LogP contribution >= 0.6 is 11.8 Å². The second kappa shape index (κ2) is 5.36. The van der Waals surface area contributed by atoms with Gasteiger partial charge >= 0.3 is 0 Å². The second-order valence-electron chi connectivity index (χ2n) is 4.13. The summed E-state index contributed by atoms with van der Waals surface area (Å²) in [4.78, 5) is 23.1. The molecule has 1 aliphatic rings. The van der Waals surface area contributed by atoms with Crippen molar-refractivity contribution in [3.8, 4) is 0 Å². The van der Waals surface area contributed by atoms with Crippen LogP contribution in [-0.2, 0) is 4.79 Å². The third-order valence-electron chi connectivity index (χ3n) is 2.76. The maximum Gasteiger partial charge on any atom is 0.237 e. The third kappa shape index (κ3) is 3.09. The van der Waals surface area contributed by atoms with Crippen LogP contribution in [0.15, 0.2) is 24.3 Å². The summed E-state index contributed by atoms with van der Waals surface area (Å²) in [7, 11) is 0. The monoisotopic (exact) mass is 249 g/mol. The standard InChI is InChI=1S/C13H15NO2S/c1-9(15)10-4-2-5-11(8-10)14-13(16)12-6-3-7-17-12/h2,4-5,8,12H,3,6-7H2,1H3,(H,14,16). The van der Waals surface area contributed by atoms with Crippen LogP contribution in [0.2, 0.25) is 0 Å². The van der Waals surface area contributed by atoms with Gasteiger partial charge in [-0.2, -0.15) is 0 Å². The lowest BCUT2D eigenvalue weighted by Crippen LogP contribution is -2.22. The quantitative estimate of drug-likeness (QED) is 0.838. The van der Waals surface area contributed by atoms with E-state index in [1.165, 1.54) is 6.92 Å². The molecule has 1 aliphatic heterocycles. The molecule has 0 aromatic heterocycles. The van der Waals surface area contributed by atoms with Gasteiger partial charge in [0, 0.05) is 11.3 Å². The van der Waals surface area contributed by atoms with Crippen molar-refractivity contribution in [1.29, 1.82) is 0 Å². The van der Waals surface area contributed by atoms with E-state index in [1.807, 2.05) is 6.07 Å². The molecule has 1 amide bonds. The molecule has 1 aromatic rings. The highest BCUT2D eigenvalue weighted by Gasteiger charge is 2.23. The summed E-state index contributed by atoms with van der Waals surface area (Å²) in [5.74, 6) is 1.12. The van der Waals surface area contributed by atoms with Crippen molar-refractivity contribution in [1.82, 2.24) is 0 Å². The Bertz CT molecular complexity index is 439. The Balaban J connectivity index is 2.05. The van der Waals surface area contributed by atoms with E-state index in [9.17, 15) is 9.59 Å². The molecule has 0 spiro atoms. The van der Waals surface area contributed by atoms with E-state index in [-0.39, 0.29) is 16.9 Å². The Kier molecular flexibility index (Phi) is 3.84. The van der Waals surface area contributed by atoms with E-state index in [4.69, 9.17) is 0 Å². The van der Waals surface area contributed by atoms with E-state index in [2.05, 4.69) is 5.32 Å². The number of rotatable bonds is 3. The zero-order valence-electron chi connectivity index (χ0n) is 9.73. The van der Waals surface area contributed by atoms with Gasteiger partial charge in [0.05, 0.1) is 5.25 Å². The van der Waals surface area contributed by atoms with Crippen molar-refractivity contribution in [2.75, 3.05) is 11.1 Å². The van der Waals surface area contributed by atoms with Crippen LogP contribution in [0.25, 0.3) is 0 Å². The molecule has 4 heteroatoms. The molecule has 1 N–H and O–H groups in total. The third-order valence-corrected chi connectivity index (χ3v) is 4.14. The number of benzene rings is 1. The lowest BCUT2D eigenvalue weighted by molar-refractivity contribution is -0.115. The summed E-state index contributed by atoms with van der Waals surface area (Å²) in [6.07, 6.45) is 2.05. The van der Waals surface area contributed by atoms with Crippen LogP contribution in [0.3, 0.4) is 0 Å². The number of Topliss-reactive ketones (excluding diaryl/α,β-unsaturated/α-hetero) is 1. The Morgan fingerprint density at radius 1 is 1.41 bits per heavy atom. The number of hydrogen-bond donors (Lipinski definition) is 1. The van der Waals surface area contributed by atoms with Crippen LogP contribution in [0, 0.1) is 0 Å². The molecule has 1 unspecified atom stereocenters. The van der Waals surface area contributed by atoms with Gasteiger partial charge in [-0.1, -0.05) is 12.1 Å². The lowest BCUT2D eigenvalue weighted by Gasteiger charge is -2.10. The Labute approximate surface area is 105 Å². The fourth-order valence-corrected chi connectivity index (χ4v) is 2.98. The largest absolute Gasteiger partial charge is 0.325 e. The normalized spacial score (nSPS) is 19.0. The van der Waals surface area contributed by atoms with Gasteiger partial charge in [-0.3, -0.25) is 9.59 Å².